The van der Waals surface area contributed by atoms with Crippen molar-refractivity contribution in [2.45, 2.75) is 19.5 Å². The monoisotopic (exact) mass is 310 g/mol. The van der Waals surface area contributed by atoms with E-state index >= 15 is 0 Å². The third kappa shape index (κ3) is 3.73. The van der Waals surface area contributed by atoms with Crippen LogP contribution in [0.3, 0.4) is 0 Å². The summed E-state index contributed by atoms with van der Waals surface area (Å²) in [4.78, 5) is 11.2. The van der Waals surface area contributed by atoms with Gasteiger partial charge < -0.3 is 4.74 Å². The molecule has 0 aliphatic heterocycles. The van der Waals surface area contributed by atoms with Gasteiger partial charge in [0.2, 0.25) is 0 Å². The maximum atomic E-state index is 12.6. The van der Waals surface area contributed by atoms with Gasteiger partial charge in [-0.2, -0.15) is 13.2 Å². The zero-order valence-electron chi connectivity index (χ0n) is 8.97. The van der Waals surface area contributed by atoms with Crippen molar-refractivity contribution in [1.82, 2.24) is 0 Å². The van der Waals surface area contributed by atoms with Gasteiger partial charge in [0.1, 0.15) is 0 Å². The first-order valence-electron chi connectivity index (χ1n) is 4.86. The van der Waals surface area contributed by atoms with Crippen LogP contribution in [0.2, 0.25) is 0 Å². The molecule has 1 rings (SSSR count). The van der Waals surface area contributed by atoms with Crippen LogP contribution in [0.5, 0.6) is 0 Å². The molecule has 0 aliphatic rings. The molecule has 0 saturated heterocycles. The molecule has 0 aliphatic carbocycles. The molecular formula is C11H10BrF3O2. The molecule has 2 nitrogen and oxygen atoms in total. The summed E-state index contributed by atoms with van der Waals surface area (Å²) in [6, 6.07) is 3.68. The second kappa shape index (κ2) is 5.53. The lowest BCUT2D eigenvalue weighted by molar-refractivity contribution is -0.143. The fourth-order valence-corrected chi connectivity index (χ4v) is 1.93. The summed E-state index contributed by atoms with van der Waals surface area (Å²) < 4.78 is 42.3. The van der Waals surface area contributed by atoms with Crippen molar-refractivity contribution in [2.24, 2.45) is 0 Å². The first-order chi connectivity index (χ1) is 7.86. The van der Waals surface area contributed by atoms with Crippen LogP contribution >= 0.6 is 15.9 Å². The lowest BCUT2D eigenvalue weighted by Gasteiger charge is -2.12. The first-order valence-corrected chi connectivity index (χ1v) is 5.65. The molecule has 1 aromatic carbocycles. The maximum Gasteiger partial charge on any atom is 0.417 e. The number of rotatable bonds is 3. The molecule has 0 spiro atoms. The molecule has 0 saturated carbocycles. The number of alkyl halides is 3. The quantitative estimate of drug-likeness (QED) is 0.798. The largest absolute Gasteiger partial charge is 0.466 e. The molecule has 0 aromatic heterocycles. The van der Waals surface area contributed by atoms with E-state index in [0.29, 0.717) is 0 Å². The molecule has 0 bridgehead atoms. The van der Waals surface area contributed by atoms with Crippen molar-refractivity contribution in [3.63, 3.8) is 0 Å². The van der Waals surface area contributed by atoms with Crippen LogP contribution in [0.1, 0.15) is 18.1 Å². The van der Waals surface area contributed by atoms with Crippen LogP contribution in [-0.4, -0.2) is 12.6 Å². The van der Waals surface area contributed by atoms with E-state index in [1.807, 2.05) is 0 Å². The molecule has 1 aromatic rings. The number of carbonyl (C=O) groups is 1. The fraction of sp³-hybridized carbons (Fsp3) is 0.364. The minimum atomic E-state index is -4.44. The molecule has 0 radical (unpaired) electrons. The first kappa shape index (κ1) is 14.0. The summed E-state index contributed by atoms with van der Waals surface area (Å²) in [5, 5.41) is 0. The normalized spacial score (nSPS) is 11.4. The summed E-state index contributed by atoms with van der Waals surface area (Å²) in [7, 11) is 0. The van der Waals surface area contributed by atoms with E-state index in [9.17, 15) is 18.0 Å². The Balaban J connectivity index is 2.99. The van der Waals surface area contributed by atoms with Gasteiger partial charge in [-0.1, -0.05) is 12.1 Å². The third-order valence-electron chi connectivity index (χ3n) is 2.02. The number of hydrogen-bond acceptors (Lipinski definition) is 2. The molecular weight excluding hydrogens is 301 g/mol. The van der Waals surface area contributed by atoms with Crippen molar-refractivity contribution in [3.8, 4) is 0 Å². The van der Waals surface area contributed by atoms with Gasteiger partial charge in [-0.15, -0.1) is 0 Å². The van der Waals surface area contributed by atoms with Crippen LogP contribution in [0.25, 0.3) is 0 Å². The Morgan fingerprint density at radius 3 is 2.59 bits per heavy atom. The Kier molecular flexibility index (Phi) is 4.56. The highest BCUT2D eigenvalue weighted by molar-refractivity contribution is 9.10. The summed E-state index contributed by atoms with van der Waals surface area (Å²) in [6.45, 7) is 1.84. The fourth-order valence-electron chi connectivity index (χ4n) is 1.30. The molecule has 0 atom stereocenters. The maximum absolute atomic E-state index is 12.6. The number of ether oxygens (including phenoxy) is 1. The molecule has 0 heterocycles. The van der Waals surface area contributed by atoms with E-state index in [1.165, 1.54) is 12.1 Å². The average Bonchev–Trinajstić information content (AvgIpc) is 2.19. The third-order valence-corrected chi connectivity index (χ3v) is 2.96. The zero-order chi connectivity index (χ0) is 13.1. The van der Waals surface area contributed by atoms with Gasteiger partial charge in [-0.3, -0.25) is 4.79 Å². The van der Waals surface area contributed by atoms with Crippen molar-refractivity contribution in [1.29, 1.82) is 0 Å². The van der Waals surface area contributed by atoms with Crippen molar-refractivity contribution < 1.29 is 22.7 Å². The molecule has 0 fully saturated rings. The minimum absolute atomic E-state index is 0.111. The standard InChI is InChI=1S/C11H10BrF3O2/c1-2-17-9(16)6-7-4-3-5-8(10(7)12)11(13,14)15/h3-5H,2,6H2,1H3. The van der Waals surface area contributed by atoms with Crippen molar-refractivity contribution >= 4 is 21.9 Å². The second-order valence-corrected chi connectivity index (χ2v) is 4.05. The highest BCUT2D eigenvalue weighted by Crippen LogP contribution is 2.36. The highest BCUT2D eigenvalue weighted by Gasteiger charge is 2.33. The Morgan fingerprint density at radius 1 is 1.41 bits per heavy atom. The molecule has 17 heavy (non-hydrogen) atoms. The Bertz CT molecular complexity index is 416. The van der Waals surface area contributed by atoms with E-state index in [-0.39, 0.29) is 23.1 Å². The van der Waals surface area contributed by atoms with Gasteiger partial charge in [0, 0.05) is 4.47 Å². The molecule has 0 unspecified atom stereocenters. The Morgan fingerprint density at radius 2 is 2.06 bits per heavy atom. The van der Waals surface area contributed by atoms with Crippen LogP contribution in [0.4, 0.5) is 13.2 Å². The van der Waals surface area contributed by atoms with Crippen molar-refractivity contribution in [2.75, 3.05) is 6.61 Å². The summed E-state index contributed by atoms with van der Waals surface area (Å²) >= 11 is 2.87. The van der Waals surface area contributed by atoms with Crippen molar-refractivity contribution in [3.05, 3.63) is 33.8 Å². The molecule has 0 N–H and O–H groups in total. The highest BCUT2D eigenvalue weighted by atomic mass is 79.9. The number of esters is 1. The topological polar surface area (TPSA) is 26.3 Å². The Labute approximate surface area is 105 Å². The predicted molar refractivity (Wildman–Crippen MR) is 59.5 cm³/mol. The number of halogens is 4. The zero-order valence-corrected chi connectivity index (χ0v) is 10.6. The van der Waals surface area contributed by atoms with Crippen LogP contribution in [0.15, 0.2) is 22.7 Å². The predicted octanol–water partition coefficient (Wildman–Crippen LogP) is 3.57. The molecule has 94 valence electrons. The van der Waals surface area contributed by atoms with Crippen LogP contribution in [0, 0.1) is 0 Å². The van der Waals surface area contributed by atoms with Gasteiger partial charge in [-0.05, 0) is 34.5 Å². The van der Waals surface area contributed by atoms with Crippen LogP contribution < -0.4 is 0 Å². The van der Waals surface area contributed by atoms with Crippen LogP contribution in [-0.2, 0) is 22.1 Å². The number of hydrogen-bond donors (Lipinski definition) is 0. The SMILES string of the molecule is CCOC(=O)Cc1cccc(C(F)(F)F)c1Br. The van der Waals surface area contributed by atoms with Gasteiger partial charge in [0.15, 0.2) is 0 Å². The Hall–Kier alpha value is -1.04. The van der Waals surface area contributed by atoms with Gasteiger partial charge in [-0.25, -0.2) is 0 Å². The summed E-state index contributed by atoms with van der Waals surface area (Å²) in [5.41, 5.74) is -0.530. The average molecular weight is 311 g/mol. The van der Waals surface area contributed by atoms with E-state index in [2.05, 4.69) is 20.7 Å². The number of benzene rings is 1. The van der Waals surface area contributed by atoms with E-state index in [1.54, 1.807) is 6.92 Å². The smallest absolute Gasteiger partial charge is 0.417 e. The van der Waals surface area contributed by atoms with E-state index < -0.39 is 17.7 Å². The second-order valence-electron chi connectivity index (χ2n) is 3.26. The van der Waals surface area contributed by atoms with Gasteiger partial charge in [0.25, 0.3) is 0 Å². The lowest BCUT2D eigenvalue weighted by Crippen LogP contribution is -2.11. The lowest BCUT2D eigenvalue weighted by atomic mass is 10.1. The molecule has 6 heteroatoms. The van der Waals surface area contributed by atoms with E-state index in [4.69, 9.17) is 0 Å². The molecule has 0 amide bonds. The number of carbonyl (C=O) groups excluding carboxylic acids is 1. The minimum Gasteiger partial charge on any atom is -0.466 e. The van der Waals surface area contributed by atoms with Gasteiger partial charge >= 0.3 is 12.1 Å². The summed E-state index contributed by atoms with van der Waals surface area (Å²) in [5.74, 6) is -0.549. The summed E-state index contributed by atoms with van der Waals surface area (Å²) in [6.07, 6.45) is -4.62. The van der Waals surface area contributed by atoms with E-state index in [0.717, 1.165) is 6.07 Å². The van der Waals surface area contributed by atoms with Gasteiger partial charge in [0.05, 0.1) is 18.6 Å².